The number of hydrogen-bond donors (Lipinski definition) is 0. The van der Waals surface area contributed by atoms with Crippen LogP contribution in [0.25, 0.3) is 16.7 Å². The molecule has 3 aromatic rings. The fraction of sp³-hybridized carbons (Fsp3) is 0.314. The molecule has 0 atom stereocenters. The second-order valence-corrected chi connectivity index (χ2v) is 10.5. The van der Waals surface area contributed by atoms with Gasteiger partial charge in [0.15, 0.2) is 11.6 Å². The first kappa shape index (κ1) is 33.7. The number of ether oxygens (including phenoxy) is 1. The summed E-state index contributed by atoms with van der Waals surface area (Å²) < 4.78 is 106. The van der Waals surface area contributed by atoms with E-state index in [0.717, 1.165) is 49.4 Å². The maximum atomic E-state index is 15.0. The van der Waals surface area contributed by atoms with Gasteiger partial charge in [0.2, 0.25) is 0 Å². The highest BCUT2D eigenvalue weighted by molar-refractivity contribution is 5.75. The van der Waals surface area contributed by atoms with E-state index in [1.165, 1.54) is 6.92 Å². The molecule has 0 aromatic heterocycles. The lowest BCUT2D eigenvalue weighted by atomic mass is 9.79. The van der Waals surface area contributed by atoms with E-state index in [2.05, 4.69) is 18.2 Å². The van der Waals surface area contributed by atoms with Crippen molar-refractivity contribution in [1.82, 2.24) is 0 Å². The Balaban J connectivity index is 0.00000248. The first-order valence-electron chi connectivity index (χ1n) is 14.2. The van der Waals surface area contributed by atoms with Crippen LogP contribution in [-0.4, -0.2) is 0 Å². The third-order valence-corrected chi connectivity index (χ3v) is 7.41. The molecule has 0 unspecified atom stereocenters. The Morgan fingerprint density at radius 3 is 2.09 bits per heavy atom. The second kappa shape index (κ2) is 14.6. The molecule has 1 aliphatic carbocycles. The van der Waals surface area contributed by atoms with Gasteiger partial charge in [-0.05, 0) is 72.6 Å². The quantitative estimate of drug-likeness (QED) is 0.184. The molecule has 1 aliphatic rings. The molecular formula is C35H35F7O. The lowest BCUT2D eigenvalue weighted by Crippen LogP contribution is -2.24. The summed E-state index contributed by atoms with van der Waals surface area (Å²) >= 11 is 0. The number of allylic oxidation sites excluding steroid dienone is 4. The highest BCUT2D eigenvalue weighted by Gasteiger charge is 2.39. The minimum atomic E-state index is -4.38. The van der Waals surface area contributed by atoms with Crippen LogP contribution >= 0.6 is 0 Å². The molecule has 230 valence electrons. The Labute approximate surface area is 248 Å². The molecule has 1 nitrogen and oxygen atoms in total. The van der Waals surface area contributed by atoms with Crippen LogP contribution in [-0.2, 0) is 6.11 Å². The Bertz CT molecular complexity index is 1480. The molecule has 0 radical (unpaired) electrons. The molecule has 0 bridgehead atoms. The molecule has 0 N–H and O–H groups in total. The zero-order valence-electron chi connectivity index (χ0n) is 24.6. The number of halogens is 7. The molecule has 1 fully saturated rings. The number of rotatable bonds is 8. The van der Waals surface area contributed by atoms with Gasteiger partial charge in [0.1, 0.15) is 23.0 Å². The highest BCUT2D eigenvalue weighted by Crippen LogP contribution is 2.39. The molecule has 0 aliphatic heterocycles. The Morgan fingerprint density at radius 2 is 1.53 bits per heavy atom. The second-order valence-electron chi connectivity index (χ2n) is 10.5. The van der Waals surface area contributed by atoms with Gasteiger partial charge in [-0.3, -0.25) is 0 Å². The zero-order chi connectivity index (χ0) is 31.9. The SMILES string of the molecule is C=C(C)/C(F)=C\C(=C/F)c1ccc(OC(F)(F)c2ccc(-c3ccc(C4CCC(C)CC4)cc3)c(F)c2F)cc1F.CC. The van der Waals surface area contributed by atoms with E-state index in [1.54, 1.807) is 12.1 Å². The molecule has 0 amide bonds. The van der Waals surface area contributed by atoms with Crippen LogP contribution in [0.4, 0.5) is 30.7 Å². The average molecular weight is 605 g/mol. The highest BCUT2D eigenvalue weighted by atomic mass is 19.3. The van der Waals surface area contributed by atoms with E-state index in [9.17, 15) is 26.3 Å². The van der Waals surface area contributed by atoms with Gasteiger partial charge >= 0.3 is 6.11 Å². The average Bonchev–Trinajstić information content (AvgIpc) is 2.98. The summed E-state index contributed by atoms with van der Waals surface area (Å²) in [7, 11) is 0. The molecule has 8 heteroatoms. The minimum Gasteiger partial charge on any atom is -0.429 e. The summed E-state index contributed by atoms with van der Waals surface area (Å²) in [6.45, 7) is 10.9. The minimum absolute atomic E-state index is 0.0317. The Morgan fingerprint density at radius 1 is 0.907 bits per heavy atom. The van der Waals surface area contributed by atoms with Crippen LogP contribution in [0.2, 0.25) is 0 Å². The first-order valence-corrected chi connectivity index (χ1v) is 14.2. The zero-order valence-corrected chi connectivity index (χ0v) is 24.6. The van der Waals surface area contributed by atoms with Crippen molar-refractivity contribution in [2.75, 3.05) is 0 Å². The van der Waals surface area contributed by atoms with Gasteiger partial charge in [-0.2, -0.15) is 8.78 Å². The third-order valence-electron chi connectivity index (χ3n) is 7.41. The third kappa shape index (κ3) is 7.98. The van der Waals surface area contributed by atoms with Crippen LogP contribution in [0.3, 0.4) is 0 Å². The first-order chi connectivity index (χ1) is 20.4. The van der Waals surface area contributed by atoms with Crippen LogP contribution in [0.15, 0.2) is 85.0 Å². The van der Waals surface area contributed by atoms with E-state index in [-0.39, 0.29) is 17.5 Å². The topological polar surface area (TPSA) is 9.23 Å². The van der Waals surface area contributed by atoms with Crippen molar-refractivity contribution in [3.63, 3.8) is 0 Å². The fourth-order valence-electron chi connectivity index (χ4n) is 4.95. The number of benzene rings is 3. The predicted molar refractivity (Wildman–Crippen MR) is 158 cm³/mol. The number of alkyl halides is 2. The standard InChI is InChI=1S/C33H29F7O.C2H6/c1-19(2)29(35)16-24(18-34)26-13-12-25(17-30(26)36)41-33(39,40)28-15-14-27(31(37)32(28)38)23-10-8-22(9-11-23)21-6-4-20(3)5-7-21;1-2/h8-18,20-21H,1,4-7H2,2-3H3;1-2H3/b24-18+,29-16+;. The van der Waals surface area contributed by atoms with Crippen molar-refractivity contribution >= 4 is 5.57 Å². The van der Waals surface area contributed by atoms with E-state index in [4.69, 9.17) is 0 Å². The van der Waals surface area contributed by atoms with E-state index in [1.807, 2.05) is 26.0 Å². The maximum absolute atomic E-state index is 15.0. The van der Waals surface area contributed by atoms with Gasteiger partial charge in [0.25, 0.3) is 0 Å². The van der Waals surface area contributed by atoms with Gasteiger partial charge < -0.3 is 4.74 Å². The normalized spacial score (nSPS) is 17.7. The van der Waals surface area contributed by atoms with Crippen LogP contribution in [0.5, 0.6) is 5.75 Å². The fourth-order valence-corrected chi connectivity index (χ4v) is 4.95. The molecular weight excluding hydrogens is 569 g/mol. The largest absolute Gasteiger partial charge is 0.429 e. The van der Waals surface area contributed by atoms with Crippen molar-refractivity contribution in [2.45, 2.75) is 65.4 Å². The van der Waals surface area contributed by atoms with Gasteiger partial charge in [-0.15, -0.1) is 0 Å². The Hall–Kier alpha value is -3.81. The van der Waals surface area contributed by atoms with E-state index < -0.39 is 51.8 Å². The van der Waals surface area contributed by atoms with Crippen LogP contribution in [0, 0.1) is 23.4 Å². The summed E-state index contributed by atoms with van der Waals surface area (Å²) in [4.78, 5) is 0. The van der Waals surface area contributed by atoms with Crippen molar-refractivity contribution in [1.29, 1.82) is 0 Å². The summed E-state index contributed by atoms with van der Waals surface area (Å²) in [6, 6.07) is 11.0. The maximum Gasteiger partial charge on any atom is 0.429 e. The molecule has 3 aromatic carbocycles. The van der Waals surface area contributed by atoms with Crippen LogP contribution < -0.4 is 4.74 Å². The smallest absolute Gasteiger partial charge is 0.429 e. The van der Waals surface area contributed by atoms with Gasteiger partial charge in [-0.25, -0.2) is 22.0 Å². The molecule has 4 rings (SSSR count). The summed E-state index contributed by atoms with van der Waals surface area (Å²) in [5.41, 5.74) is -1.12. The molecule has 0 saturated heterocycles. The molecule has 0 spiro atoms. The summed E-state index contributed by atoms with van der Waals surface area (Å²) in [6.07, 6.45) is 0.617. The molecule has 43 heavy (non-hydrogen) atoms. The summed E-state index contributed by atoms with van der Waals surface area (Å²) in [5.74, 6) is -5.05. The van der Waals surface area contributed by atoms with Crippen LogP contribution in [0.1, 0.15) is 76.0 Å². The Kier molecular flexibility index (Phi) is 11.4. The van der Waals surface area contributed by atoms with Gasteiger partial charge in [-0.1, -0.05) is 70.5 Å². The van der Waals surface area contributed by atoms with E-state index in [0.29, 0.717) is 35.6 Å². The van der Waals surface area contributed by atoms with E-state index >= 15 is 4.39 Å². The van der Waals surface area contributed by atoms with Crippen molar-refractivity contribution in [2.24, 2.45) is 5.92 Å². The predicted octanol–water partition coefficient (Wildman–Crippen LogP) is 12.0. The summed E-state index contributed by atoms with van der Waals surface area (Å²) in [5, 5.41) is 0. The lowest BCUT2D eigenvalue weighted by molar-refractivity contribution is -0.187. The van der Waals surface area contributed by atoms with Gasteiger partial charge in [0.05, 0.1) is 6.33 Å². The van der Waals surface area contributed by atoms with Crippen molar-refractivity contribution in [3.05, 3.63) is 119 Å². The lowest BCUT2D eigenvalue weighted by Gasteiger charge is -2.26. The monoisotopic (exact) mass is 604 g/mol. The molecule has 0 heterocycles. The van der Waals surface area contributed by atoms with Crippen molar-refractivity contribution < 1.29 is 35.5 Å². The molecule has 1 saturated carbocycles. The van der Waals surface area contributed by atoms with Crippen molar-refractivity contribution in [3.8, 4) is 16.9 Å². The van der Waals surface area contributed by atoms with Gasteiger partial charge in [0, 0.05) is 22.8 Å². The number of hydrogen-bond acceptors (Lipinski definition) is 1.